The van der Waals surface area contributed by atoms with Crippen molar-refractivity contribution in [1.29, 1.82) is 0 Å². The Labute approximate surface area is 218 Å². The molecule has 2 N–H and O–H groups in total. The van der Waals surface area contributed by atoms with Crippen molar-refractivity contribution in [3.8, 4) is 0 Å². The van der Waals surface area contributed by atoms with Gasteiger partial charge in [-0.05, 0) is 79.2 Å². The van der Waals surface area contributed by atoms with Crippen LogP contribution in [0.15, 0.2) is 30.3 Å². The number of nitrogens with one attached hydrogen (secondary N) is 1. The third-order valence-electron chi connectivity index (χ3n) is 5.62. The van der Waals surface area contributed by atoms with E-state index in [4.69, 9.17) is 14.2 Å². The first-order chi connectivity index (χ1) is 17.2. The van der Waals surface area contributed by atoms with Gasteiger partial charge in [-0.2, -0.15) is 0 Å². The Bertz CT molecular complexity index is 936. The molecule has 10 nitrogen and oxygen atoms in total. The molecule has 37 heavy (non-hydrogen) atoms. The summed E-state index contributed by atoms with van der Waals surface area (Å²) in [6.45, 7) is 10.4. The monoisotopic (exact) mass is 520 g/mol. The van der Waals surface area contributed by atoms with Crippen LogP contribution in [0, 0.1) is 0 Å². The molecular weight excluding hydrogens is 480 g/mol. The summed E-state index contributed by atoms with van der Waals surface area (Å²) in [7, 11) is 0. The van der Waals surface area contributed by atoms with Crippen molar-refractivity contribution in [3.63, 3.8) is 0 Å². The number of carbonyl (C=O) groups excluding carboxylic acids is 3. The van der Waals surface area contributed by atoms with E-state index in [1.807, 2.05) is 30.3 Å². The van der Waals surface area contributed by atoms with Crippen LogP contribution in [-0.4, -0.2) is 63.5 Å². The first kappa shape index (κ1) is 29.9. The fourth-order valence-electron chi connectivity index (χ4n) is 4.10. The molecule has 1 aromatic rings. The van der Waals surface area contributed by atoms with E-state index in [2.05, 4.69) is 5.32 Å². The summed E-state index contributed by atoms with van der Waals surface area (Å²) >= 11 is 0. The molecule has 1 fully saturated rings. The molecule has 1 aliphatic heterocycles. The van der Waals surface area contributed by atoms with Gasteiger partial charge in [-0.1, -0.05) is 30.3 Å². The highest BCUT2D eigenvalue weighted by atomic mass is 16.6. The van der Waals surface area contributed by atoms with Crippen molar-refractivity contribution < 1.29 is 38.5 Å². The maximum Gasteiger partial charge on any atom is 0.411 e. The molecule has 0 radical (unpaired) electrons. The molecule has 206 valence electrons. The maximum absolute atomic E-state index is 13.1. The predicted molar refractivity (Wildman–Crippen MR) is 136 cm³/mol. The Morgan fingerprint density at radius 3 is 2.19 bits per heavy atom. The molecule has 0 aromatic heterocycles. The molecule has 1 aliphatic rings. The highest BCUT2D eigenvalue weighted by Crippen LogP contribution is 2.31. The number of benzene rings is 1. The summed E-state index contributed by atoms with van der Waals surface area (Å²) in [5, 5.41) is 11.9. The van der Waals surface area contributed by atoms with Gasteiger partial charge in [0.15, 0.2) is 0 Å². The van der Waals surface area contributed by atoms with E-state index in [-0.39, 0.29) is 19.1 Å². The summed E-state index contributed by atoms with van der Waals surface area (Å²) in [5.41, 5.74) is -0.650. The molecule has 1 saturated heterocycles. The van der Waals surface area contributed by atoms with Crippen LogP contribution in [0.2, 0.25) is 0 Å². The summed E-state index contributed by atoms with van der Waals surface area (Å²) in [4.78, 5) is 51.2. The van der Waals surface area contributed by atoms with Gasteiger partial charge in [0.2, 0.25) is 0 Å². The van der Waals surface area contributed by atoms with Crippen molar-refractivity contribution >= 4 is 24.1 Å². The molecule has 0 aliphatic carbocycles. The summed E-state index contributed by atoms with van der Waals surface area (Å²) in [6, 6.07) is 6.96. The maximum atomic E-state index is 13.1. The minimum absolute atomic E-state index is 0.0603. The van der Waals surface area contributed by atoms with E-state index in [0.29, 0.717) is 25.7 Å². The first-order valence-corrected chi connectivity index (χ1v) is 12.6. The number of carbonyl (C=O) groups is 4. The number of nitrogens with zero attached hydrogens (tertiary/aromatic N) is 1. The lowest BCUT2D eigenvalue weighted by Crippen LogP contribution is -2.47. The third-order valence-corrected chi connectivity index (χ3v) is 5.62. The molecule has 3 atom stereocenters. The molecular formula is C27H40N2O8. The molecule has 2 amide bonds. The molecule has 2 rings (SSSR count). The van der Waals surface area contributed by atoms with Gasteiger partial charge < -0.3 is 24.6 Å². The predicted octanol–water partition coefficient (Wildman–Crippen LogP) is 4.65. The third kappa shape index (κ3) is 10.3. The second-order valence-electron chi connectivity index (χ2n) is 11.2. The van der Waals surface area contributed by atoms with Gasteiger partial charge >= 0.3 is 24.1 Å². The fraction of sp³-hybridized carbons (Fsp3) is 0.630. The number of rotatable bonds is 9. The molecule has 10 heteroatoms. The van der Waals surface area contributed by atoms with Crippen LogP contribution < -0.4 is 5.32 Å². The topological polar surface area (TPSA) is 131 Å². The van der Waals surface area contributed by atoms with Crippen LogP contribution in [0.3, 0.4) is 0 Å². The van der Waals surface area contributed by atoms with Gasteiger partial charge in [0.25, 0.3) is 0 Å². The van der Waals surface area contributed by atoms with Crippen LogP contribution in [0.5, 0.6) is 0 Å². The van der Waals surface area contributed by atoms with Crippen molar-refractivity contribution in [2.24, 2.45) is 0 Å². The first-order valence-electron chi connectivity index (χ1n) is 12.6. The summed E-state index contributed by atoms with van der Waals surface area (Å²) in [5.74, 6) is -1.68. The van der Waals surface area contributed by atoms with Crippen LogP contribution in [0.1, 0.15) is 79.2 Å². The molecule has 0 bridgehead atoms. The Balaban J connectivity index is 2.06. The zero-order valence-corrected chi connectivity index (χ0v) is 22.6. The fourth-order valence-corrected chi connectivity index (χ4v) is 4.10. The average Bonchev–Trinajstić information content (AvgIpc) is 3.19. The van der Waals surface area contributed by atoms with Crippen molar-refractivity contribution in [2.45, 2.75) is 110 Å². The number of hydrogen-bond donors (Lipinski definition) is 2. The average molecular weight is 521 g/mol. The molecule has 1 heterocycles. The van der Waals surface area contributed by atoms with E-state index in [9.17, 15) is 24.3 Å². The van der Waals surface area contributed by atoms with Gasteiger partial charge in [-0.25, -0.2) is 19.2 Å². The van der Waals surface area contributed by atoms with Crippen LogP contribution in [-0.2, 0) is 30.4 Å². The number of amides is 2. The van der Waals surface area contributed by atoms with Gasteiger partial charge in [-0.3, -0.25) is 4.90 Å². The van der Waals surface area contributed by atoms with Gasteiger partial charge in [0, 0.05) is 6.04 Å². The zero-order valence-electron chi connectivity index (χ0n) is 22.6. The van der Waals surface area contributed by atoms with Gasteiger partial charge in [0.05, 0.1) is 0 Å². The Morgan fingerprint density at radius 1 is 1.00 bits per heavy atom. The highest BCUT2D eigenvalue weighted by molar-refractivity contribution is 5.83. The van der Waals surface area contributed by atoms with E-state index in [0.717, 1.165) is 5.56 Å². The number of hydrogen-bond acceptors (Lipinski definition) is 7. The van der Waals surface area contributed by atoms with Gasteiger partial charge in [0.1, 0.15) is 29.9 Å². The number of ether oxygens (including phenoxy) is 3. The molecule has 1 unspecified atom stereocenters. The molecule has 1 aromatic carbocycles. The zero-order chi connectivity index (χ0) is 27.8. The lowest BCUT2D eigenvalue weighted by atomic mass is 10.0. The van der Waals surface area contributed by atoms with Crippen molar-refractivity contribution in [3.05, 3.63) is 35.9 Å². The minimum atomic E-state index is -1.18. The number of aliphatic carboxylic acids is 1. The summed E-state index contributed by atoms with van der Waals surface area (Å²) < 4.78 is 16.2. The standard InChI is InChI=1S/C27H40N2O8/c1-26(2,3)36-23(32)21-16-15-19(29(21)25(34)35-17-18-11-8-7-9-12-18)13-10-14-20(22(30)31)28-24(33)37-27(4,5)6/h7-9,11-12,19-21H,10,13-17H2,1-6H3,(H,28,33)(H,30,31)/t19-,20?,21+/m1/s1. The largest absolute Gasteiger partial charge is 0.480 e. The van der Waals surface area contributed by atoms with E-state index < -0.39 is 47.4 Å². The van der Waals surface area contributed by atoms with Gasteiger partial charge in [-0.15, -0.1) is 0 Å². The number of carboxylic acids is 1. The SMILES string of the molecule is CC(C)(C)OC(=O)NC(CCC[C@@H]1CC[C@@H](C(=O)OC(C)(C)C)N1C(=O)OCc1ccccc1)C(=O)O. The molecule has 0 spiro atoms. The van der Waals surface area contributed by atoms with E-state index in [1.54, 1.807) is 41.5 Å². The van der Waals surface area contributed by atoms with E-state index >= 15 is 0 Å². The highest BCUT2D eigenvalue weighted by Gasteiger charge is 2.43. The van der Waals surface area contributed by atoms with E-state index in [1.165, 1.54) is 4.90 Å². The Hall–Kier alpha value is -3.30. The number of likely N-dealkylation sites (tertiary alicyclic amines) is 1. The summed E-state index contributed by atoms with van der Waals surface area (Å²) in [6.07, 6.45) is 0.482. The quantitative estimate of drug-likeness (QED) is 0.355. The van der Waals surface area contributed by atoms with Crippen LogP contribution in [0.25, 0.3) is 0 Å². The Morgan fingerprint density at radius 2 is 1.62 bits per heavy atom. The minimum Gasteiger partial charge on any atom is -0.480 e. The lowest BCUT2D eigenvalue weighted by Gasteiger charge is -2.30. The normalized spacial score (nSPS) is 18.6. The molecule has 0 saturated carbocycles. The lowest BCUT2D eigenvalue weighted by molar-refractivity contribution is -0.160. The van der Waals surface area contributed by atoms with Crippen molar-refractivity contribution in [1.82, 2.24) is 10.2 Å². The Kier molecular flexibility index (Phi) is 10.3. The number of alkyl carbamates (subject to hydrolysis) is 1. The second-order valence-corrected chi connectivity index (χ2v) is 11.2. The smallest absolute Gasteiger partial charge is 0.411 e. The van der Waals surface area contributed by atoms with Crippen LogP contribution >= 0.6 is 0 Å². The second kappa shape index (κ2) is 12.8. The van der Waals surface area contributed by atoms with Crippen LogP contribution in [0.4, 0.5) is 9.59 Å². The number of carboxylic acid groups (broad SMARTS) is 1. The number of esters is 1. The van der Waals surface area contributed by atoms with Crippen molar-refractivity contribution in [2.75, 3.05) is 0 Å².